The summed E-state index contributed by atoms with van der Waals surface area (Å²) < 4.78 is 0. The molecule has 82 valence electrons. The summed E-state index contributed by atoms with van der Waals surface area (Å²) in [7, 11) is 0. The van der Waals surface area contributed by atoms with Crippen molar-refractivity contribution in [2.45, 2.75) is 58.3 Å². The highest BCUT2D eigenvalue weighted by Gasteiger charge is 1.89. The Morgan fingerprint density at radius 3 is 1.54 bits per heavy atom. The first-order valence-corrected chi connectivity index (χ1v) is 5.28. The first-order chi connectivity index (χ1) is 6.41. The fourth-order valence-corrected chi connectivity index (χ4v) is 1.25. The van der Waals surface area contributed by atoms with Gasteiger partial charge in [-0.15, -0.1) is 0 Å². The van der Waals surface area contributed by atoms with Crippen molar-refractivity contribution in [2.24, 2.45) is 5.90 Å². The van der Waals surface area contributed by atoms with Gasteiger partial charge >= 0.3 is 0 Å². The van der Waals surface area contributed by atoms with Crippen molar-refractivity contribution in [1.82, 2.24) is 0 Å². The van der Waals surface area contributed by atoms with Gasteiger partial charge in [0.05, 0.1) is 0 Å². The molecule has 0 radical (unpaired) electrons. The second kappa shape index (κ2) is 17.8. The summed E-state index contributed by atoms with van der Waals surface area (Å²) in [6, 6.07) is 0. The van der Waals surface area contributed by atoms with Crippen molar-refractivity contribution in [3.05, 3.63) is 0 Å². The van der Waals surface area contributed by atoms with E-state index in [2.05, 4.69) is 12.8 Å². The van der Waals surface area contributed by atoms with Crippen LogP contribution >= 0.6 is 0 Å². The molecule has 0 spiro atoms. The summed E-state index contributed by atoms with van der Waals surface area (Å²) in [4.78, 5) is 0. The molecule has 0 aliphatic carbocycles. The summed E-state index contributed by atoms with van der Waals surface area (Å²) in [6.07, 6.45) is 10.4. The average Bonchev–Trinajstić information content (AvgIpc) is 2.20. The van der Waals surface area contributed by atoms with Crippen LogP contribution < -0.4 is 5.90 Å². The van der Waals surface area contributed by atoms with Gasteiger partial charge in [-0.2, -0.15) is 0 Å². The molecule has 0 atom stereocenters. The number of rotatable bonds is 8. The van der Waals surface area contributed by atoms with Crippen LogP contribution in [-0.2, 0) is 0 Å². The molecule has 0 rings (SSSR count). The van der Waals surface area contributed by atoms with E-state index in [1.54, 1.807) is 0 Å². The maximum absolute atomic E-state index is 8.51. The molecule has 4 N–H and O–H groups in total. The van der Waals surface area contributed by atoms with Crippen molar-refractivity contribution in [3.8, 4) is 0 Å². The topological polar surface area (TPSA) is 66.5 Å². The molecule has 0 heterocycles. The zero-order valence-corrected chi connectivity index (χ0v) is 8.84. The normalized spacial score (nSPS) is 9.23. The molecule has 3 nitrogen and oxygen atoms in total. The molecule has 0 unspecified atom stereocenters. The number of hydrogen-bond acceptors (Lipinski definition) is 3. The van der Waals surface area contributed by atoms with Gasteiger partial charge in [-0.1, -0.05) is 51.9 Å². The Kier molecular flexibility index (Phi) is 21.1. The van der Waals surface area contributed by atoms with Crippen LogP contribution in [0.3, 0.4) is 0 Å². The molecule has 0 aliphatic rings. The van der Waals surface area contributed by atoms with E-state index in [1.165, 1.54) is 44.9 Å². The Labute approximate surface area is 81.9 Å². The predicted molar refractivity (Wildman–Crippen MR) is 55.7 cm³/mol. The lowest BCUT2D eigenvalue weighted by atomic mass is 10.1. The maximum atomic E-state index is 8.51. The summed E-state index contributed by atoms with van der Waals surface area (Å²) >= 11 is 0. The number of nitrogens with two attached hydrogens (primary N) is 1. The number of hydrogen-bond donors (Lipinski definition) is 3. The molecular weight excluding hydrogens is 166 g/mol. The number of unbranched alkanes of at least 4 members (excludes halogenated alkanes) is 7. The molecular formula is C10H25NO2. The predicted octanol–water partition coefficient (Wildman–Crippen LogP) is 2.45. The number of aliphatic hydroxyl groups excluding tert-OH is 1. The largest absolute Gasteiger partial charge is 0.396 e. The van der Waals surface area contributed by atoms with Gasteiger partial charge < -0.3 is 10.3 Å². The monoisotopic (exact) mass is 191 g/mol. The van der Waals surface area contributed by atoms with E-state index in [1.807, 2.05) is 0 Å². The fourth-order valence-electron chi connectivity index (χ4n) is 1.25. The second-order valence-corrected chi connectivity index (χ2v) is 3.20. The minimum absolute atomic E-state index is 0.370. The summed E-state index contributed by atoms with van der Waals surface area (Å²) in [5.41, 5.74) is 0. The minimum atomic E-state index is 0.370. The minimum Gasteiger partial charge on any atom is -0.396 e. The van der Waals surface area contributed by atoms with Crippen LogP contribution in [0.5, 0.6) is 0 Å². The van der Waals surface area contributed by atoms with Crippen LogP contribution in [0.1, 0.15) is 58.3 Å². The van der Waals surface area contributed by atoms with Gasteiger partial charge in [-0.25, -0.2) is 5.90 Å². The van der Waals surface area contributed by atoms with E-state index < -0.39 is 0 Å². The highest BCUT2D eigenvalue weighted by Crippen LogP contribution is 2.07. The highest BCUT2D eigenvalue weighted by atomic mass is 16.4. The molecule has 0 fully saturated rings. The molecule has 0 aromatic rings. The van der Waals surface area contributed by atoms with Crippen LogP contribution in [0, 0.1) is 0 Å². The van der Waals surface area contributed by atoms with Gasteiger partial charge in [0.2, 0.25) is 0 Å². The first kappa shape index (κ1) is 15.4. The van der Waals surface area contributed by atoms with E-state index >= 15 is 0 Å². The fraction of sp³-hybridized carbons (Fsp3) is 1.00. The molecule has 0 saturated heterocycles. The van der Waals surface area contributed by atoms with Gasteiger partial charge in [0.15, 0.2) is 0 Å². The van der Waals surface area contributed by atoms with Crippen molar-refractivity contribution < 1.29 is 10.3 Å². The number of aliphatic hydroxyl groups is 1. The van der Waals surface area contributed by atoms with Crippen LogP contribution in [0.25, 0.3) is 0 Å². The van der Waals surface area contributed by atoms with Gasteiger partial charge in [-0.05, 0) is 6.42 Å². The Morgan fingerprint density at radius 1 is 0.769 bits per heavy atom. The SMILES string of the molecule is CCCCCCCCCCO.NO. The zero-order valence-electron chi connectivity index (χ0n) is 8.84. The molecule has 0 aromatic carbocycles. The summed E-state index contributed by atoms with van der Waals surface area (Å²) in [6.45, 7) is 2.61. The third-order valence-corrected chi connectivity index (χ3v) is 2.01. The maximum Gasteiger partial charge on any atom is 0.0431 e. The van der Waals surface area contributed by atoms with Crippen LogP contribution in [0.2, 0.25) is 0 Å². The van der Waals surface area contributed by atoms with Crippen molar-refractivity contribution >= 4 is 0 Å². The lowest BCUT2D eigenvalue weighted by Gasteiger charge is -1.98. The Morgan fingerprint density at radius 2 is 1.15 bits per heavy atom. The molecule has 0 bridgehead atoms. The molecule has 13 heavy (non-hydrogen) atoms. The third kappa shape index (κ3) is 18.7. The molecule has 0 saturated carbocycles. The van der Waals surface area contributed by atoms with Crippen LogP contribution in [0.15, 0.2) is 0 Å². The van der Waals surface area contributed by atoms with Gasteiger partial charge in [0, 0.05) is 6.61 Å². The average molecular weight is 191 g/mol. The Bertz CT molecular complexity index is 61.9. The second-order valence-electron chi connectivity index (χ2n) is 3.20. The highest BCUT2D eigenvalue weighted by molar-refractivity contribution is 4.44. The van der Waals surface area contributed by atoms with Crippen LogP contribution in [0.4, 0.5) is 0 Å². The molecule has 3 heteroatoms. The van der Waals surface area contributed by atoms with E-state index in [-0.39, 0.29) is 0 Å². The molecule has 0 aromatic heterocycles. The molecule has 0 aliphatic heterocycles. The van der Waals surface area contributed by atoms with E-state index in [4.69, 9.17) is 10.3 Å². The zero-order chi connectivity index (χ0) is 10.4. The Balaban J connectivity index is 0. The Hall–Kier alpha value is -0.120. The molecule has 0 amide bonds. The lowest BCUT2D eigenvalue weighted by molar-refractivity contribution is 0.282. The van der Waals surface area contributed by atoms with Crippen molar-refractivity contribution in [1.29, 1.82) is 0 Å². The van der Waals surface area contributed by atoms with Gasteiger partial charge in [0.25, 0.3) is 0 Å². The van der Waals surface area contributed by atoms with E-state index in [0.717, 1.165) is 6.42 Å². The van der Waals surface area contributed by atoms with Gasteiger partial charge in [0.1, 0.15) is 0 Å². The quantitative estimate of drug-likeness (QED) is 0.408. The van der Waals surface area contributed by atoms with Gasteiger partial charge in [-0.3, -0.25) is 0 Å². The van der Waals surface area contributed by atoms with E-state index in [0.29, 0.717) is 6.61 Å². The smallest absolute Gasteiger partial charge is 0.0431 e. The van der Waals surface area contributed by atoms with E-state index in [9.17, 15) is 0 Å². The third-order valence-electron chi connectivity index (χ3n) is 2.01. The summed E-state index contributed by atoms with van der Waals surface area (Å²) in [5, 5.41) is 15.0. The lowest BCUT2D eigenvalue weighted by Crippen LogP contribution is -1.83. The first-order valence-electron chi connectivity index (χ1n) is 5.28. The summed E-state index contributed by atoms with van der Waals surface area (Å²) in [5.74, 6) is 3.50. The standard InChI is InChI=1S/C10H22O.H3NO/c1-2-3-4-5-6-7-8-9-10-11;1-2/h11H,2-10H2,1H3;2H,1H2. The van der Waals surface area contributed by atoms with Crippen LogP contribution in [-0.4, -0.2) is 16.9 Å². The van der Waals surface area contributed by atoms with Crippen molar-refractivity contribution in [3.63, 3.8) is 0 Å². The van der Waals surface area contributed by atoms with Crippen molar-refractivity contribution in [2.75, 3.05) is 6.61 Å².